The van der Waals surface area contributed by atoms with Crippen LogP contribution in [0.2, 0.25) is 0 Å². The molecular weight excluding hydrogens is 296 g/mol. The van der Waals surface area contributed by atoms with Crippen molar-refractivity contribution < 1.29 is 9.47 Å². The van der Waals surface area contributed by atoms with Gasteiger partial charge in [0.2, 0.25) is 0 Å². The first-order chi connectivity index (χ1) is 10.6. The second kappa shape index (κ2) is 8.22. The van der Waals surface area contributed by atoms with E-state index in [0.29, 0.717) is 11.2 Å². The summed E-state index contributed by atoms with van der Waals surface area (Å²) in [6.45, 7) is 2.08. The van der Waals surface area contributed by atoms with Crippen LogP contribution in [0, 0.1) is 0 Å². The third-order valence-corrected chi connectivity index (χ3v) is 4.43. The van der Waals surface area contributed by atoms with Gasteiger partial charge in [-0.3, -0.25) is 0 Å². The fourth-order valence-electron chi connectivity index (χ4n) is 2.93. The third kappa shape index (κ3) is 4.50. The van der Waals surface area contributed by atoms with Crippen LogP contribution in [0.25, 0.3) is 0 Å². The highest BCUT2D eigenvalue weighted by molar-refractivity contribution is 7.80. The van der Waals surface area contributed by atoms with E-state index < -0.39 is 0 Å². The van der Waals surface area contributed by atoms with Crippen LogP contribution in [0.15, 0.2) is 18.2 Å². The lowest BCUT2D eigenvalue weighted by Crippen LogP contribution is -2.43. The summed E-state index contributed by atoms with van der Waals surface area (Å²) in [5.41, 5.74) is 1.04. The van der Waals surface area contributed by atoms with E-state index in [-0.39, 0.29) is 6.04 Å². The maximum Gasteiger partial charge on any atom is 0.166 e. The fraction of sp³-hybridized carbons (Fsp3) is 0.588. The molecule has 2 rings (SSSR count). The Kier molecular flexibility index (Phi) is 6.31. The van der Waals surface area contributed by atoms with Crippen molar-refractivity contribution in [2.75, 3.05) is 14.2 Å². The van der Waals surface area contributed by atoms with Gasteiger partial charge in [0.1, 0.15) is 11.5 Å². The van der Waals surface area contributed by atoms with Crippen LogP contribution in [-0.2, 0) is 0 Å². The molecule has 1 aromatic carbocycles. The predicted octanol–water partition coefficient (Wildman–Crippen LogP) is 3.56. The molecule has 1 aliphatic carbocycles. The molecule has 122 valence electrons. The normalized spacial score (nSPS) is 16.7. The second-order valence-electron chi connectivity index (χ2n) is 5.78. The van der Waals surface area contributed by atoms with Crippen LogP contribution in [0.3, 0.4) is 0 Å². The van der Waals surface area contributed by atoms with Crippen molar-refractivity contribution in [3.05, 3.63) is 23.8 Å². The first-order valence-electron chi connectivity index (χ1n) is 7.93. The van der Waals surface area contributed by atoms with Crippen molar-refractivity contribution in [3.8, 4) is 11.5 Å². The lowest BCUT2D eigenvalue weighted by Gasteiger charge is -2.26. The van der Waals surface area contributed by atoms with Crippen LogP contribution in [0.4, 0.5) is 0 Å². The van der Waals surface area contributed by atoms with Gasteiger partial charge in [-0.05, 0) is 50.2 Å². The number of ether oxygens (including phenoxy) is 2. The van der Waals surface area contributed by atoms with Crippen LogP contribution in [0.5, 0.6) is 11.5 Å². The van der Waals surface area contributed by atoms with Gasteiger partial charge in [-0.25, -0.2) is 0 Å². The molecule has 1 fully saturated rings. The van der Waals surface area contributed by atoms with Crippen LogP contribution < -0.4 is 20.1 Å². The summed E-state index contributed by atoms with van der Waals surface area (Å²) < 4.78 is 10.7. The molecule has 0 aliphatic heterocycles. The average Bonchev–Trinajstić information content (AvgIpc) is 2.54. The van der Waals surface area contributed by atoms with Crippen molar-refractivity contribution in [1.82, 2.24) is 10.6 Å². The van der Waals surface area contributed by atoms with Crippen LogP contribution in [-0.4, -0.2) is 25.4 Å². The Hall–Kier alpha value is -1.49. The molecule has 1 aromatic rings. The second-order valence-corrected chi connectivity index (χ2v) is 6.19. The fourth-order valence-corrected chi connectivity index (χ4v) is 3.27. The Labute approximate surface area is 138 Å². The minimum atomic E-state index is 0.0497. The van der Waals surface area contributed by atoms with E-state index in [2.05, 4.69) is 17.6 Å². The summed E-state index contributed by atoms with van der Waals surface area (Å²) in [4.78, 5) is 0. The maximum atomic E-state index is 5.46. The van der Waals surface area contributed by atoms with Crippen LogP contribution >= 0.6 is 12.2 Å². The predicted molar refractivity (Wildman–Crippen MR) is 93.7 cm³/mol. The minimum Gasteiger partial charge on any atom is -0.497 e. The maximum absolute atomic E-state index is 5.46. The average molecular weight is 322 g/mol. The molecule has 0 spiro atoms. The van der Waals surface area contributed by atoms with Crippen LogP contribution in [0.1, 0.15) is 50.6 Å². The molecule has 0 amide bonds. The Balaban J connectivity index is 1.98. The minimum absolute atomic E-state index is 0.0497. The largest absolute Gasteiger partial charge is 0.497 e. The van der Waals surface area contributed by atoms with Gasteiger partial charge in [-0.1, -0.05) is 19.3 Å². The summed E-state index contributed by atoms with van der Waals surface area (Å²) >= 11 is 5.46. The smallest absolute Gasteiger partial charge is 0.166 e. The zero-order valence-electron chi connectivity index (χ0n) is 13.6. The quantitative estimate of drug-likeness (QED) is 0.811. The highest BCUT2D eigenvalue weighted by Gasteiger charge is 2.17. The first kappa shape index (κ1) is 16.9. The Morgan fingerprint density at radius 1 is 1.18 bits per heavy atom. The van der Waals surface area contributed by atoms with E-state index in [0.717, 1.165) is 17.1 Å². The van der Waals surface area contributed by atoms with Gasteiger partial charge in [0, 0.05) is 11.6 Å². The van der Waals surface area contributed by atoms with Gasteiger partial charge in [0.25, 0.3) is 0 Å². The molecule has 1 saturated carbocycles. The Morgan fingerprint density at radius 2 is 1.91 bits per heavy atom. The van der Waals surface area contributed by atoms with E-state index in [4.69, 9.17) is 21.7 Å². The lowest BCUT2D eigenvalue weighted by molar-refractivity contribution is 0.393. The van der Waals surface area contributed by atoms with Gasteiger partial charge in [0.05, 0.1) is 20.3 Å². The highest BCUT2D eigenvalue weighted by atomic mass is 32.1. The van der Waals surface area contributed by atoms with E-state index in [1.807, 2.05) is 18.2 Å². The molecule has 0 aromatic heterocycles. The Morgan fingerprint density at radius 3 is 2.55 bits per heavy atom. The van der Waals surface area contributed by atoms with Gasteiger partial charge < -0.3 is 20.1 Å². The molecule has 1 aliphatic rings. The number of thiocarbonyl (C=S) groups is 1. The highest BCUT2D eigenvalue weighted by Crippen LogP contribution is 2.29. The van der Waals surface area contributed by atoms with Gasteiger partial charge >= 0.3 is 0 Å². The summed E-state index contributed by atoms with van der Waals surface area (Å²) in [7, 11) is 3.34. The molecule has 0 heterocycles. The summed E-state index contributed by atoms with van der Waals surface area (Å²) in [6.07, 6.45) is 6.34. The Bertz CT molecular complexity index is 501. The first-order valence-corrected chi connectivity index (χ1v) is 8.34. The molecule has 4 nitrogen and oxygen atoms in total. The van der Waals surface area contributed by atoms with Crippen molar-refractivity contribution in [2.24, 2.45) is 0 Å². The zero-order chi connectivity index (χ0) is 15.9. The molecule has 1 atom stereocenters. The number of rotatable bonds is 5. The molecule has 0 unspecified atom stereocenters. The number of hydrogen-bond acceptors (Lipinski definition) is 3. The molecular formula is C17H26N2O2S. The topological polar surface area (TPSA) is 42.5 Å². The lowest BCUT2D eigenvalue weighted by atomic mass is 9.96. The van der Waals surface area contributed by atoms with E-state index in [9.17, 15) is 0 Å². The molecule has 2 N–H and O–H groups in total. The number of hydrogen-bond donors (Lipinski definition) is 2. The van der Waals surface area contributed by atoms with E-state index in [1.54, 1.807) is 14.2 Å². The van der Waals surface area contributed by atoms with E-state index >= 15 is 0 Å². The monoisotopic (exact) mass is 322 g/mol. The summed E-state index contributed by atoms with van der Waals surface area (Å²) in [5, 5.41) is 7.50. The molecule has 0 bridgehead atoms. The number of methoxy groups -OCH3 is 2. The van der Waals surface area contributed by atoms with Gasteiger partial charge in [-0.2, -0.15) is 0 Å². The molecule has 0 radical (unpaired) electrons. The van der Waals surface area contributed by atoms with Crippen molar-refractivity contribution >= 4 is 17.3 Å². The number of benzene rings is 1. The van der Waals surface area contributed by atoms with E-state index in [1.165, 1.54) is 32.1 Å². The van der Waals surface area contributed by atoms with Crippen molar-refractivity contribution in [3.63, 3.8) is 0 Å². The standard InChI is InChI=1S/C17H26N2O2S/c1-12(15-11-14(20-2)9-10-16(15)21-3)18-17(22)19-13-7-5-4-6-8-13/h9-13H,4-8H2,1-3H3,(H2,18,19,22)/t12-/m0/s1. The summed E-state index contributed by atoms with van der Waals surface area (Å²) in [6, 6.07) is 6.36. The zero-order valence-corrected chi connectivity index (χ0v) is 14.5. The van der Waals surface area contributed by atoms with Crippen molar-refractivity contribution in [2.45, 2.75) is 51.1 Å². The van der Waals surface area contributed by atoms with Gasteiger partial charge in [-0.15, -0.1) is 0 Å². The molecule has 5 heteroatoms. The third-order valence-electron chi connectivity index (χ3n) is 4.19. The molecule has 0 saturated heterocycles. The number of nitrogens with one attached hydrogen (secondary N) is 2. The SMILES string of the molecule is COc1ccc(OC)c([C@H](C)NC(=S)NC2CCCCC2)c1. The van der Waals surface area contributed by atoms with Gasteiger partial charge in [0.15, 0.2) is 5.11 Å². The summed E-state index contributed by atoms with van der Waals surface area (Å²) in [5.74, 6) is 1.65. The molecule has 22 heavy (non-hydrogen) atoms. The van der Waals surface area contributed by atoms with Crippen molar-refractivity contribution in [1.29, 1.82) is 0 Å².